The normalized spacial score (nSPS) is 24.7. The predicted molar refractivity (Wildman–Crippen MR) is 228 cm³/mol. The molecule has 57 heavy (non-hydrogen) atoms. The minimum atomic E-state index is -1.95. The number of carbonyl (C=O) groups excluding carboxylic acids is 3. The van der Waals surface area contributed by atoms with E-state index in [1.165, 1.54) is 0 Å². The number of hydrogen-bond acceptors (Lipinski definition) is 11. The van der Waals surface area contributed by atoms with Crippen LogP contribution < -0.4 is 10.6 Å². The van der Waals surface area contributed by atoms with Gasteiger partial charge in [0.1, 0.15) is 19.8 Å². The van der Waals surface area contributed by atoms with Crippen LogP contribution in [0, 0.1) is 33.2 Å². The van der Waals surface area contributed by atoms with Crippen LogP contribution >= 0.6 is 0 Å². The van der Waals surface area contributed by atoms with Crippen LogP contribution in [0.5, 0.6) is 0 Å². The van der Waals surface area contributed by atoms with E-state index >= 15 is 0 Å². The van der Waals surface area contributed by atoms with E-state index in [0.29, 0.717) is 39.6 Å². The van der Waals surface area contributed by atoms with Gasteiger partial charge in [0.2, 0.25) is 6.08 Å². The standard InChI is InChI=1S/C42H78N4O9Si2/c1-38(2)23-34(25-41(7,27-38)29-44-33-47)45-36(48)53-20-18-51-16-14-22-57(11,12)55-40(5,6)31-56(9,10)21-13-15-50-17-19-54-37(49)46-35-24-39(3,4)28-42(8,26-35)30-52-32-43/h34-35H,13-31H2,1-12H3,(H,45,48)(H,46,49). The highest BCUT2D eigenvalue weighted by atomic mass is 28.4. The second-order valence-corrected chi connectivity index (χ2v) is 30.7. The maximum atomic E-state index is 12.5. The lowest BCUT2D eigenvalue weighted by Gasteiger charge is -2.45. The van der Waals surface area contributed by atoms with Gasteiger partial charge in [-0.05, 0) is 107 Å². The summed E-state index contributed by atoms with van der Waals surface area (Å²) in [6.45, 7) is 29.8. The molecule has 15 heteroatoms. The van der Waals surface area contributed by atoms with Crippen molar-refractivity contribution < 1.29 is 42.5 Å². The molecular weight excluding hydrogens is 761 g/mol. The molecule has 0 aromatic carbocycles. The molecule has 4 unspecified atom stereocenters. The largest absolute Gasteiger partial charge is 0.447 e. The van der Waals surface area contributed by atoms with Crippen LogP contribution in [0.25, 0.3) is 0 Å². The summed E-state index contributed by atoms with van der Waals surface area (Å²) in [5.74, 6) is 0. The number of hydrogen-bond donors (Lipinski definition) is 2. The average molecular weight is 839 g/mol. The molecule has 2 amide bonds. The molecule has 0 aliphatic heterocycles. The Labute approximate surface area is 346 Å². The fourth-order valence-electron chi connectivity index (χ4n) is 10.5. The van der Waals surface area contributed by atoms with E-state index in [-0.39, 0.29) is 52.6 Å². The molecule has 0 aromatic rings. The zero-order valence-corrected chi connectivity index (χ0v) is 39.7. The van der Waals surface area contributed by atoms with Gasteiger partial charge in [0.25, 0.3) is 6.26 Å². The highest BCUT2D eigenvalue weighted by Gasteiger charge is 2.43. The topological polar surface area (TPSA) is 167 Å². The molecule has 0 spiro atoms. The molecule has 0 heterocycles. The number of carbonyl (C=O) groups is 2. The van der Waals surface area contributed by atoms with Crippen LogP contribution in [0.3, 0.4) is 0 Å². The molecule has 0 radical (unpaired) electrons. The summed E-state index contributed by atoms with van der Waals surface area (Å²) < 4.78 is 34.4. The van der Waals surface area contributed by atoms with Crippen molar-refractivity contribution in [2.45, 2.75) is 169 Å². The Bertz CT molecular complexity index is 1360. The number of rotatable bonds is 24. The Hall–Kier alpha value is -2.48. The molecule has 2 fully saturated rings. The maximum Gasteiger partial charge on any atom is 0.407 e. The Morgan fingerprint density at radius 3 is 1.75 bits per heavy atom. The van der Waals surface area contributed by atoms with Gasteiger partial charge in [-0.2, -0.15) is 5.26 Å². The lowest BCUT2D eigenvalue weighted by Crippen LogP contribution is -2.48. The number of amides is 2. The van der Waals surface area contributed by atoms with Crippen molar-refractivity contribution in [2.75, 3.05) is 52.8 Å². The van der Waals surface area contributed by atoms with Gasteiger partial charge >= 0.3 is 12.2 Å². The first kappa shape index (κ1) is 50.7. The summed E-state index contributed by atoms with van der Waals surface area (Å²) in [5, 5.41) is 14.9. The van der Waals surface area contributed by atoms with E-state index in [4.69, 9.17) is 33.4 Å². The molecule has 0 aromatic heterocycles. The zero-order chi connectivity index (χ0) is 43.0. The summed E-state index contributed by atoms with van der Waals surface area (Å²) in [6, 6.07) is 3.08. The van der Waals surface area contributed by atoms with Crippen LogP contribution in [0.1, 0.15) is 107 Å². The molecule has 2 aliphatic rings. The highest BCUT2D eigenvalue weighted by Crippen LogP contribution is 2.47. The number of nitrogens with one attached hydrogen (secondary N) is 2. The lowest BCUT2D eigenvalue weighted by molar-refractivity contribution is 0.0178. The lowest BCUT2D eigenvalue weighted by atomic mass is 9.62. The van der Waals surface area contributed by atoms with Crippen molar-refractivity contribution >= 4 is 34.7 Å². The number of isocyanates is 1. The van der Waals surface area contributed by atoms with E-state index in [1.54, 1.807) is 12.3 Å². The van der Waals surface area contributed by atoms with E-state index in [0.717, 1.165) is 69.5 Å². The van der Waals surface area contributed by atoms with Gasteiger partial charge in [-0.15, -0.1) is 0 Å². The number of ether oxygens (including phenoxy) is 5. The first-order chi connectivity index (χ1) is 26.3. The second kappa shape index (κ2) is 22.2. The van der Waals surface area contributed by atoms with Crippen molar-refractivity contribution in [3.05, 3.63) is 0 Å². The van der Waals surface area contributed by atoms with Gasteiger partial charge < -0.3 is 38.7 Å². The van der Waals surface area contributed by atoms with Crippen molar-refractivity contribution in [3.8, 4) is 6.26 Å². The van der Waals surface area contributed by atoms with Gasteiger partial charge in [0, 0.05) is 36.3 Å². The third-order valence-electron chi connectivity index (χ3n) is 11.1. The maximum absolute atomic E-state index is 12.5. The summed E-state index contributed by atoms with van der Waals surface area (Å²) >= 11 is 0. The Kier molecular flexibility index (Phi) is 19.7. The van der Waals surface area contributed by atoms with Crippen molar-refractivity contribution in [3.63, 3.8) is 0 Å². The van der Waals surface area contributed by atoms with E-state index in [2.05, 4.69) is 97.2 Å². The zero-order valence-electron chi connectivity index (χ0n) is 37.7. The van der Waals surface area contributed by atoms with Crippen molar-refractivity contribution in [1.82, 2.24) is 10.6 Å². The molecule has 2 rings (SSSR count). The number of nitriles is 1. The summed E-state index contributed by atoms with van der Waals surface area (Å²) in [6.07, 6.45) is 9.43. The number of aliphatic imine (C=N–C) groups is 1. The van der Waals surface area contributed by atoms with E-state index < -0.39 is 28.6 Å². The van der Waals surface area contributed by atoms with E-state index in [1.807, 2.05) is 0 Å². The van der Waals surface area contributed by atoms with Crippen LogP contribution in [0.15, 0.2) is 4.99 Å². The molecule has 2 saturated carbocycles. The first-order valence-corrected chi connectivity index (χ1v) is 27.6. The molecule has 0 saturated heterocycles. The molecule has 13 nitrogen and oxygen atoms in total. The van der Waals surface area contributed by atoms with Crippen LogP contribution in [-0.2, 0) is 32.9 Å². The van der Waals surface area contributed by atoms with Gasteiger partial charge in [-0.3, -0.25) is 0 Å². The molecule has 4 atom stereocenters. The third kappa shape index (κ3) is 21.4. The summed E-state index contributed by atoms with van der Waals surface area (Å²) in [7, 11) is -3.52. The van der Waals surface area contributed by atoms with Crippen LogP contribution in [-0.4, -0.2) is 105 Å². The monoisotopic (exact) mass is 839 g/mol. The Balaban J connectivity index is 1.58. The van der Waals surface area contributed by atoms with Crippen molar-refractivity contribution in [1.29, 1.82) is 5.26 Å². The minimum Gasteiger partial charge on any atom is -0.447 e. The number of alkyl carbamates (subject to hydrolysis) is 2. The van der Waals surface area contributed by atoms with Gasteiger partial charge in [0.15, 0.2) is 8.32 Å². The minimum absolute atomic E-state index is 0.0202. The smallest absolute Gasteiger partial charge is 0.407 e. The van der Waals surface area contributed by atoms with Gasteiger partial charge in [-0.25, -0.2) is 19.4 Å². The average Bonchev–Trinajstić information content (AvgIpc) is 3.02. The molecule has 2 aliphatic carbocycles. The quantitative estimate of drug-likeness (QED) is 0.0315. The first-order valence-electron chi connectivity index (χ1n) is 21.1. The van der Waals surface area contributed by atoms with Gasteiger partial charge in [-0.1, -0.05) is 60.7 Å². The highest BCUT2D eigenvalue weighted by molar-refractivity contribution is 6.77. The Morgan fingerprint density at radius 2 is 1.25 bits per heavy atom. The molecular formula is C42H78N4O9Si2. The summed E-state index contributed by atoms with van der Waals surface area (Å²) in [4.78, 5) is 39.6. The SMILES string of the molecule is CC1(C)CC(NC(=O)OCCOCCC[Si](C)(C)OC(C)(C)C[Si](C)(C)CCCOCCOC(=O)NC2CC(C)(C)CC(C)(COC#N)C2)CC(C)(CN=C=O)C1. The fraction of sp³-hybridized carbons (Fsp3) is 0.905. The van der Waals surface area contributed by atoms with Crippen LogP contribution in [0.4, 0.5) is 9.59 Å². The van der Waals surface area contributed by atoms with E-state index in [9.17, 15) is 14.4 Å². The molecule has 2 N–H and O–H groups in total. The molecule has 0 bridgehead atoms. The third-order valence-corrected chi connectivity index (χ3v) is 17.3. The second-order valence-electron chi connectivity index (χ2n) is 21.3. The van der Waals surface area contributed by atoms with Crippen molar-refractivity contribution in [2.24, 2.45) is 26.7 Å². The Morgan fingerprint density at radius 1 is 0.754 bits per heavy atom. The van der Waals surface area contributed by atoms with Gasteiger partial charge in [0.05, 0.1) is 27.8 Å². The molecule has 328 valence electrons. The fourth-order valence-corrected chi connectivity index (χ4v) is 16.9. The summed E-state index contributed by atoms with van der Waals surface area (Å²) in [5.41, 5.74) is -0.516. The number of nitrogens with zero attached hydrogens (tertiary/aromatic N) is 2. The predicted octanol–water partition coefficient (Wildman–Crippen LogP) is 8.96. The van der Waals surface area contributed by atoms with Crippen LogP contribution in [0.2, 0.25) is 44.3 Å².